The smallest absolute Gasteiger partial charge is 0.162 e. The normalized spacial score (nSPS) is 10.5. The first-order valence-corrected chi connectivity index (χ1v) is 7.09. The average Bonchev–Trinajstić information content (AvgIpc) is 2.43. The van der Waals surface area contributed by atoms with Gasteiger partial charge in [-0.15, -0.1) is 0 Å². The van der Waals surface area contributed by atoms with Crippen LogP contribution in [0.3, 0.4) is 0 Å². The van der Waals surface area contributed by atoms with Gasteiger partial charge < -0.3 is 4.90 Å². The zero-order chi connectivity index (χ0) is 15.6. The van der Waals surface area contributed by atoms with E-state index in [1.54, 1.807) is 13.0 Å². The fraction of sp³-hybridized carbons (Fsp3) is 0.278. The highest BCUT2D eigenvalue weighted by atomic mass is 19.1. The summed E-state index contributed by atoms with van der Waals surface area (Å²) in [7, 11) is 0. The van der Waals surface area contributed by atoms with Gasteiger partial charge in [0.15, 0.2) is 5.78 Å². The van der Waals surface area contributed by atoms with E-state index in [0.29, 0.717) is 17.7 Å². The molecule has 0 bridgehead atoms. The number of aryl methyl sites for hydroxylation is 2. The summed E-state index contributed by atoms with van der Waals surface area (Å²) in [5.74, 6) is -0.473. The molecule has 110 valence electrons. The van der Waals surface area contributed by atoms with Crippen molar-refractivity contribution in [3.05, 3.63) is 58.9 Å². The van der Waals surface area contributed by atoms with E-state index in [1.165, 1.54) is 13.0 Å². The van der Waals surface area contributed by atoms with Gasteiger partial charge in [0.2, 0.25) is 0 Å². The molecule has 0 aromatic heterocycles. The van der Waals surface area contributed by atoms with Crippen molar-refractivity contribution in [3.8, 4) is 0 Å². The summed E-state index contributed by atoms with van der Waals surface area (Å²) < 4.78 is 13.8. The molecule has 3 heteroatoms. The Morgan fingerprint density at radius 3 is 2.48 bits per heavy atom. The molecule has 0 heterocycles. The van der Waals surface area contributed by atoms with Crippen LogP contribution in [-0.4, -0.2) is 12.3 Å². The summed E-state index contributed by atoms with van der Waals surface area (Å²) in [5.41, 5.74) is 3.87. The van der Waals surface area contributed by atoms with Gasteiger partial charge in [0.05, 0.1) is 5.69 Å². The van der Waals surface area contributed by atoms with Crippen LogP contribution in [0.2, 0.25) is 0 Å². The van der Waals surface area contributed by atoms with Crippen molar-refractivity contribution in [2.24, 2.45) is 0 Å². The molecule has 0 atom stereocenters. The van der Waals surface area contributed by atoms with E-state index in [4.69, 9.17) is 0 Å². The highest BCUT2D eigenvalue weighted by Gasteiger charge is 2.17. The Morgan fingerprint density at radius 1 is 1.19 bits per heavy atom. The number of carbonyl (C=O) groups is 1. The van der Waals surface area contributed by atoms with Gasteiger partial charge in [-0.2, -0.15) is 0 Å². The molecule has 0 fully saturated rings. The number of benzene rings is 2. The summed E-state index contributed by atoms with van der Waals surface area (Å²) in [6, 6.07) is 11.2. The van der Waals surface area contributed by atoms with Crippen molar-refractivity contribution in [3.63, 3.8) is 0 Å². The van der Waals surface area contributed by atoms with Crippen LogP contribution < -0.4 is 4.90 Å². The average molecular weight is 285 g/mol. The van der Waals surface area contributed by atoms with Crippen LogP contribution in [0.15, 0.2) is 36.4 Å². The summed E-state index contributed by atoms with van der Waals surface area (Å²) in [5, 5.41) is 0. The molecule has 2 aromatic carbocycles. The Hall–Kier alpha value is -2.16. The van der Waals surface area contributed by atoms with Gasteiger partial charge in [-0.25, -0.2) is 4.39 Å². The second-order valence-corrected chi connectivity index (χ2v) is 5.26. The lowest BCUT2D eigenvalue weighted by molar-refractivity contribution is 0.101. The van der Waals surface area contributed by atoms with Gasteiger partial charge in [-0.1, -0.05) is 12.1 Å². The molecule has 0 saturated heterocycles. The first-order valence-electron chi connectivity index (χ1n) is 7.09. The molecular formula is C18H20FNO. The predicted molar refractivity (Wildman–Crippen MR) is 85.0 cm³/mol. The number of nitrogens with zero attached hydrogens (tertiary/aromatic N) is 1. The van der Waals surface area contributed by atoms with Crippen LogP contribution >= 0.6 is 0 Å². The van der Waals surface area contributed by atoms with E-state index in [2.05, 4.69) is 6.07 Å². The van der Waals surface area contributed by atoms with E-state index in [0.717, 1.165) is 16.9 Å². The van der Waals surface area contributed by atoms with Crippen LogP contribution in [0, 0.1) is 19.7 Å². The van der Waals surface area contributed by atoms with Gasteiger partial charge in [0.25, 0.3) is 0 Å². The van der Waals surface area contributed by atoms with Crippen molar-refractivity contribution >= 4 is 17.2 Å². The SMILES string of the molecule is CCN(c1cccc(C)c1)c1cc(C)c(F)cc1C(C)=O. The zero-order valence-corrected chi connectivity index (χ0v) is 12.9. The van der Waals surface area contributed by atoms with E-state index < -0.39 is 0 Å². The number of rotatable bonds is 4. The van der Waals surface area contributed by atoms with Crippen LogP contribution in [-0.2, 0) is 0 Å². The molecule has 2 aromatic rings. The lowest BCUT2D eigenvalue weighted by atomic mass is 10.0. The minimum atomic E-state index is -0.343. The molecule has 2 rings (SSSR count). The summed E-state index contributed by atoms with van der Waals surface area (Å²) in [6.07, 6.45) is 0. The maximum absolute atomic E-state index is 13.8. The number of Topliss-reactive ketones (excluding diaryl/α,β-unsaturated/α-hetero) is 1. The van der Waals surface area contributed by atoms with Crippen molar-refractivity contribution in [1.29, 1.82) is 0 Å². The van der Waals surface area contributed by atoms with E-state index in [-0.39, 0.29) is 11.6 Å². The topological polar surface area (TPSA) is 20.3 Å². The predicted octanol–water partition coefficient (Wildman–Crippen LogP) is 4.80. The quantitative estimate of drug-likeness (QED) is 0.752. The maximum Gasteiger partial charge on any atom is 0.162 e. The lowest BCUT2D eigenvalue weighted by Gasteiger charge is -2.26. The second kappa shape index (κ2) is 6.08. The fourth-order valence-corrected chi connectivity index (χ4v) is 2.46. The number of hydrogen-bond donors (Lipinski definition) is 0. The second-order valence-electron chi connectivity index (χ2n) is 5.26. The van der Waals surface area contributed by atoms with Gasteiger partial charge in [0.1, 0.15) is 5.82 Å². The Kier molecular flexibility index (Phi) is 4.41. The molecule has 21 heavy (non-hydrogen) atoms. The van der Waals surface area contributed by atoms with E-state index >= 15 is 0 Å². The van der Waals surface area contributed by atoms with Gasteiger partial charge >= 0.3 is 0 Å². The van der Waals surface area contributed by atoms with Gasteiger partial charge in [-0.3, -0.25) is 4.79 Å². The molecule has 2 nitrogen and oxygen atoms in total. The summed E-state index contributed by atoms with van der Waals surface area (Å²) >= 11 is 0. The Bertz CT molecular complexity index is 679. The number of ketones is 1. The standard InChI is InChI=1S/C18H20FNO/c1-5-20(15-8-6-7-12(2)9-15)18-10-13(3)17(19)11-16(18)14(4)21/h6-11H,5H2,1-4H3. The number of anilines is 2. The summed E-state index contributed by atoms with van der Waals surface area (Å²) in [6.45, 7) is 7.93. The monoisotopic (exact) mass is 285 g/mol. The third-order valence-electron chi connectivity index (χ3n) is 3.58. The summed E-state index contributed by atoms with van der Waals surface area (Å²) in [4.78, 5) is 13.9. The first-order chi connectivity index (χ1) is 9.93. The van der Waals surface area contributed by atoms with Crippen LogP contribution in [0.1, 0.15) is 35.3 Å². The Labute approximate surface area is 125 Å². The minimum absolute atomic E-state index is 0.130. The third-order valence-corrected chi connectivity index (χ3v) is 3.58. The molecule has 0 spiro atoms. The third kappa shape index (κ3) is 3.13. The Morgan fingerprint density at radius 2 is 1.90 bits per heavy atom. The highest BCUT2D eigenvalue weighted by Crippen LogP contribution is 2.31. The first kappa shape index (κ1) is 15.2. The molecule has 0 aliphatic carbocycles. The molecule has 0 unspecified atom stereocenters. The van der Waals surface area contributed by atoms with Gasteiger partial charge in [0, 0.05) is 17.8 Å². The van der Waals surface area contributed by atoms with Crippen molar-refractivity contribution in [1.82, 2.24) is 0 Å². The fourth-order valence-electron chi connectivity index (χ4n) is 2.46. The molecule has 0 saturated carbocycles. The molecule has 0 aliphatic heterocycles. The Balaban J connectivity index is 2.62. The largest absolute Gasteiger partial charge is 0.341 e. The molecule has 0 N–H and O–H groups in total. The minimum Gasteiger partial charge on any atom is -0.341 e. The zero-order valence-electron chi connectivity index (χ0n) is 12.9. The lowest BCUT2D eigenvalue weighted by Crippen LogP contribution is -2.19. The molecular weight excluding hydrogens is 265 g/mol. The van der Waals surface area contributed by atoms with Crippen molar-refractivity contribution < 1.29 is 9.18 Å². The number of carbonyl (C=O) groups excluding carboxylic acids is 1. The van der Waals surface area contributed by atoms with Crippen LogP contribution in [0.25, 0.3) is 0 Å². The molecule has 0 radical (unpaired) electrons. The van der Waals surface area contributed by atoms with Crippen LogP contribution in [0.5, 0.6) is 0 Å². The number of hydrogen-bond acceptors (Lipinski definition) is 2. The number of halogens is 1. The van der Waals surface area contributed by atoms with E-state index in [1.807, 2.05) is 36.9 Å². The maximum atomic E-state index is 13.8. The van der Waals surface area contributed by atoms with Crippen LogP contribution in [0.4, 0.5) is 15.8 Å². The van der Waals surface area contributed by atoms with Crippen molar-refractivity contribution in [2.75, 3.05) is 11.4 Å². The van der Waals surface area contributed by atoms with Gasteiger partial charge in [-0.05, 0) is 63.1 Å². The highest BCUT2D eigenvalue weighted by molar-refractivity contribution is 6.00. The van der Waals surface area contributed by atoms with E-state index in [9.17, 15) is 9.18 Å². The van der Waals surface area contributed by atoms with Crippen molar-refractivity contribution in [2.45, 2.75) is 27.7 Å². The molecule has 0 aliphatic rings. The molecule has 0 amide bonds.